The van der Waals surface area contributed by atoms with Gasteiger partial charge in [-0.2, -0.15) is 0 Å². The molecule has 1 aliphatic carbocycles. The number of hydrogen-bond acceptors (Lipinski definition) is 3. The first-order valence-corrected chi connectivity index (χ1v) is 8.99. The standard InChI is InChI=1S/C14H24N2O3S/c1-11(2)8-13(17)16-6-4-14(5-7-16)9-12(10-14)15-20(3,18)19/h8,12,15H,4-7,9-10H2,1-3H3. The van der Waals surface area contributed by atoms with E-state index in [9.17, 15) is 13.2 Å². The predicted molar refractivity (Wildman–Crippen MR) is 78.7 cm³/mol. The molecule has 1 N–H and O–H groups in total. The van der Waals surface area contributed by atoms with Crippen molar-refractivity contribution >= 4 is 15.9 Å². The molecule has 2 aliphatic rings. The number of likely N-dealkylation sites (tertiary alicyclic amines) is 1. The molecule has 6 heteroatoms. The molecule has 1 aliphatic heterocycles. The third-order valence-corrected chi connectivity index (χ3v) is 5.05. The van der Waals surface area contributed by atoms with E-state index < -0.39 is 10.0 Å². The van der Waals surface area contributed by atoms with E-state index in [1.807, 2.05) is 18.7 Å². The molecular weight excluding hydrogens is 276 g/mol. The molecule has 1 heterocycles. The summed E-state index contributed by atoms with van der Waals surface area (Å²) in [6.07, 6.45) is 6.68. The Kier molecular flexibility index (Phi) is 4.25. The summed E-state index contributed by atoms with van der Waals surface area (Å²) in [6.45, 7) is 5.43. The van der Waals surface area contributed by atoms with E-state index in [1.54, 1.807) is 6.08 Å². The maximum Gasteiger partial charge on any atom is 0.246 e. The third kappa shape index (κ3) is 3.82. The molecule has 0 aromatic carbocycles. The van der Waals surface area contributed by atoms with Gasteiger partial charge in [-0.1, -0.05) is 5.57 Å². The third-order valence-electron chi connectivity index (χ3n) is 4.29. The molecule has 0 bridgehead atoms. The van der Waals surface area contributed by atoms with E-state index in [0.717, 1.165) is 44.3 Å². The van der Waals surface area contributed by atoms with Crippen LogP contribution in [-0.2, 0) is 14.8 Å². The van der Waals surface area contributed by atoms with Crippen molar-refractivity contribution in [2.24, 2.45) is 5.41 Å². The fourth-order valence-corrected chi connectivity index (χ4v) is 4.09. The van der Waals surface area contributed by atoms with Crippen LogP contribution in [0.25, 0.3) is 0 Å². The maximum absolute atomic E-state index is 11.9. The SMILES string of the molecule is CC(C)=CC(=O)N1CCC2(CC1)CC(NS(C)(=O)=O)C2. The lowest BCUT2D eigenvalue weighted by atomic mass is 9.60. The summed E-state index contributed by atoms with van der Waals surface area (Å²) >= 11 is 0. The lowest BCUT2D eigenvalue weighted by Gasteiger charge is -2.52. The number of allylic oxidation sites excluding steroid dienone is 1. The minimum Gasteiger partial charge on any atom is -0.339 e. The summed E-state index contributed by atoms with van der Waals surface area (Å²) < 4.78 is 25.0. The highest BCUT2D eigenvalue weighted by Gasteiger charge is 2.46. The summed E-state index contributed by atoms with van der Waals surface area (Å²) in [7, 11) is -3.10. The molecular formula is C14H24N2O3S. The van der Waals surface area contributed by atoms with Gasteiger partial charge in [0.15, 0.2) is 0 Å². The Bertz CT molecular complexity index is 505. The van der Waals surface area contributed by atoms with Crippen molar-refractivity contribution in [3.63, 3.8) is 0 Å². The highest BCUT2D eigenvalue weighted by Crippen LogP contribution is 2.49. The number of nitrogens with one attached hydrogen (secondary N) is 1. The van der Waals surface area contributed by atoms with Crippen molar-refractivity contribution in [2.75, 3.05) is 19.3 Å². The van der Waals surface area contributed by atoms with Crippen molar-refractivity contribution in [2.45, 2.75) is 45.6 Å². The lowest BCUT2D eigenvalue weighted by Crippen LogP contribution is -2.55. The van der Waals surface area contributed by atoms with E-state index >= 15 is 0 Å². The van der Waals surface area contributed by atoms with Crippen LogP contribution in [0, 0.1) is 5.41 Å². The number of amides is 1. The predicted octanol–water partition coefficient (Wildman–Crippen LogP) is 1.27. The Morgan fingerprint density at radius 2 is 1.80 bits per heavy atom. The molecule has 20 heavy (non-hydrogen) atoms. The summed E-state index contributed by atoms with van der Waals surface area (Å²) in [5.41, 5.74) is 1.28. The number of hydrogen-bond donors (Lipinski definition) is 1. The normalized spacial score (nSPS) is 22.4. The molecule has 114 valence electrons. The van der Waals surface area contributed by atoms with Crippen LogP contribution in [0.1, 0.15) is 39.5 Å². The van der Waals surface area contributed by atoms with Gasteiger partial charge < -0.3 is 4.90 Å². The first-order valence-electron chi connectivity index (χ1n) is 7.10. The Morgan fingerprint density at radius 1 is 1.25 bits per heavy atom. The van der Waals surface area contributed by atoms with Crippen LogP contribution in [0.2, 0.25) is 0 Å². The highest BCUT2D eigenvalue weighted by molar-refractivity contribution is 7.88. The molecule has 1 spiro atoms. The van der Waals surface area contributed by atoms with Gasteiger partial charge in [0.05, 0.1) is 6.26 Å². The van der Waals surface area contributed by atoms with Gasteiger partial charge >= 0.3 is 0 Å². The van der Waals surface area contributed by atoms with Crippen molar-refractivity contribution in [1.29, 1.82) is 0 Å². The number of rotatable bonds is 3. The number of carbonyl (C=O) groups excluding carboxylic acids is 1. The number of piperidine rings is 1. The van der Waals surface area contributed by atoms with Gasteiger partial charge in [-0.15, -0.1) is 0 Å². The second-order valence-corrected chi connectivity index (χ2v) is 8.32. The summed E-state index contributed by atoms with van der Waals surface area (Å²) in [5.74, 6) is 0.102. The summed E-state index contributed by atoms with van der Waals surface area (Å²) in [6, 6.07) is 0.0880. The van der Waals surface area contributed by atoms with Crippen molar-refractivity contribution in [1.82, 2.24) is 9.62 Å². The first kappa shape index (κ1) is 15.5. The van der Waals surface area contributed by atoms with Gasteiger partial charge in [0.25, 0.3) is 0 Å². The summed E-state index contributed by atoms with van der Waals surface area (Å²) in [5, 5.41) is 0. The van der Waals surface area contributed by atoms with Crippen LogP contribution in [-0.4, -0.2) is 44.6 Å². The van der Waals surface area contributed by atoms with Gasteiger partial charge in [0.1, 0.15) is 0 Å². The van der Waals surface area contributed by atoms with Crippen LogP contribution >= 0.6 is 0 Å². The monoisotopic (exact) mass is 300 g/mol. The molecule has 0 radical (unpaired) electrons. The quantitative estimate of drug-likeness (QED) is 0.798. The maximum atomic E-state index is 11.9. The van der Waals surface area contributed by atoms with Crippen molar-refractivity contribution < 1.29 is 13.2 Å². The Labute approximate surface area is 121 Å². The molecule has 2 rings (SSSR count). The number of carbonyl (C=O) groups is 1. The van der Waals surface area contributed by atoms with Gasteiger partial charge in [-0.05, 0) is 44.9 Å². The van der Waals surface area contributed by atoms with Crippen LogP contribution in [0.5, 0.6) is 0 Å². The molecule has 0 aromatic heterocycles. The van der Waals surface area contributed by atoms with E-state index in [0.29, 0.717) is 0 Å². The molecule has 0 atom stereocenters. The van der Waals surface area contributed by atoms with Gasteiger partial charge in [0.2, 0.25) is 15.9 Å². The fraction of sp³-hybridized carbons (Fsp3) is 0.786. The zero-order valence-corrected chi connectivity index (χ0v) is 13.3. The largest absolute Gasteiger partial charge is 0.339 e. The molecule has 1 saturated heterocycles. The van der Waals surface area contributed by atoms with E-state index in [-0.39, 0.29) is 17.4 Å². The Balaban J connectivity index is 1.82. The average molecular weight is 300 g/mol. The minimum atomic E-state index is -3.10. The molecule has 1 saturated carbocycles. The highest BCUT2D eigenvalue weighted by atomic mass is 32.2. The number of sulfonamides is 1. The molecule has 1 amide bonds. The van der Waals surface area contributed by atoms with Crippen LogP contribution in [0.4, 0.5) is 0 Å². The molecule has 0 unspecified atom stereocenters. The molecule has 5 nitrogen and oxygen atoms in total. The van der Waals surface area contributed by atoms with E-state index in [4.69, 9.17) is 0 Å². The van der Waals surface area contributed by atoms with E-state index in [2.05, 4.69) is 4.72 Å². The number of nitrogens with zero attached hydrogens (tertiary/aromatic N) is 1. The zero-order chi connectivity index (χ0) is 15.0. The fourth-order valence-electron chi connectivity index (χ4n) is 3.32. The van der Waals surface area contributed by atoms with Crippen molar-refractivity contribution in [3.05, 3.63) is 11.6 Å². The Morgan fingerprint density at radius 3 is 2.25 bits per heavy atom. The second-order valence-electron chi connectivity index (χ2n) is 6.54. The topological polar surface area (TPSA) is 66.5 Å². The second kappa shape index (κ2) is 5.48. The average Bonchev–Trinajstić information content (AvgIpc) is 2.24. The van der Waals surface area contributed by atoms with Crippen LogP contribution in [0.3, 0.4) is 0 Å². The van der Waals surface area contributed by atoms with Crippen molar-refractivity contribution in [3.8, 4) is 0 Å². The zero-order valence-electron chi connectivity index (χ0n) is 12.5. The first-order chi connectivity index (χ1) is 9.19. The van der Waals surface area contributed by atoms with E-state index in [1.165, 1.54) is 6.26 Å². The smallest absolute Gasteiger partial charge is 0.246 e. The van der Waals surface area contributed by atoms with Gasteiger partial charge in [-0.25, -0.2) is 13.1 Å². The molecule has 2 fully saturated rings. The lowest BCUT2D eigenvalue weighted by molar-refractivity contribution is -0.129. The van der Waals surface area contributed by atoms with Crippen LogP contribution in [0.15, 0.2) is 11.6 Å². The van der Waals surface area contributed by atoms with Crippen LogP contribution < -0.4 is 4.72 Å². The summed E-state index contributed by atoms with van der Waals surface area (Å²) in [4.78, 5) is 13.8. The minimum absolute atomic E-state index is 0.0880. The van der Waals surface area contributed by atoms with Gasteiger partial charge in [0, 0.05) is 25.2 Å². The van der Waals surface area contributed by atoms with Gasteiger partial charge in [-0.3, -0.25) is 4.79 Å². The Hall–Kier alpha value is -0.880. The molecule has 0 aromatic rings.